The molecule has 0 unspecified atom stereocenters. The van der Waals surface area contributed by atoms with Gasteiger partial charge in [0, 0.05) is 21.9 Å². The Morgan fingerprint density at radius 1 is 1.12 bits per heavy atom. The summed E-state index contributed by atoms with van der Waals surface area (Å²) in [7, 11) is 1.63. The molecule has 0 saturated heterocycles. The number of phenols is 1. The van der Waals surface area contributed by atoms with E-state index < -0.39 is 0 Å². The van der Waals surface area contributed by atoms with Crippen LogP contribution in [0, 0.1) is 0 Å². The van der Waals surface area contributed by atoms with Crippen molar-refractivity contribution in [2.24, 2.45) is 4.99 Å². The van der Waals surface area contributed by atoms with E-state index in [1.165, 1.54) is 4.88 Å². The number of hydrogen-bond acceptors (Lipinski definition) is 7. The first-order valence-corrected chi connectivity index (χ1v) is 12.2. The van der Waals surface area contributed by atoms with Gasteiger partial charge in [-0.15, -0.1) is 11.3 Å². The van der Waals surface area contributed by atoms with Crippen LogP contribution in [0.15, 0.2) is 57.9 Å². The van der Waals surface area contributed by atoms with Crippen molar-refractivity contribution in [2.45, 2.75) is 32.6 Å². The van der Waals surface area contributed by atoms with Gasteiger partial charge < -0.3 is 19.0 Å². The van der Waals surface area contributed by atoms with Gasteiger partial charge >= 0.3 is 5.97 Å². The van der Waals surface area contributed by atoms with Gasteiger partial charge in [0.25, 0.3) is 0 Å². The van der Waals surface area contributed by atoms with Crippen molar-refractivity contribution < 1.29 is 23.8 Å². The number of benzene rings is 2. The molecule has 1 aliphatic rings. The zero-order valence-electron chi connectivity index (χ0n) is 19.1. The Labute approximate surface area is 201 Å². The van der Waals surface area contributed by atoms with Gasteiger partial charge in [-0.25, -0.2) is 9.79 Å². The Bertz CT molecular complexity index is 1430. The van der Waals surface area contributed by atoms with Crippen LogP contribution in [-0.2, 0) is 17.6 Å². The highest BCUT2D eigenvalue weighted by atomic mass is 32.1. The maximum Gasteiger partial charge on any atom is 0.341 e. The Balaban J connectivity index is 1.74. The second kappa shape index (κ2) is 9.35. The van der Waals surface area contributed by atoms with Crippen molar-refractivity contribution >= 4 is 33.3 Å². The van der Waals surface area contributed by atoms with Crippen LogP contribution in [0.5, 0.6) is 11.5 Å². The van der Waals surface area contributed by atoms with E-state index in [1.807, 2.05) is 37.3 Å². The summed E-state index contributed by atoms with van der Waals surface area (Å²) < 4.78 is 16.8. The molecule has 174 valence electrons. The molecule has 6 nitrogen and oxygen atoms in total. The Morgan fingerprint density at radius 2 is 1.91 bits per heavy atom. The zero-order chi connectivity index (χ0) is 23.7. The molecule has 0 amide bonds. The normalized spacial score (nSPS) is 13.6. The second-order valence-electron chi connectivity index (χ2n) is 8.13. The van der Waals surface area contributed by atoms with Gasteiger partial charge in [-0.3, -0.25) is 0 Å². The number of fused-ring (bicyclic) bond motifs is 2. The number of carbonyl (C=O) groups is 1. The number of hydrogen-bond donors (Lipinski definition) is 1. The summed E-state index contributed by atoms with van der Waals surface area (Å²) >= 11 is 1.55. The minimum absolute atomic E-state index is 0.118. The fraction of sp³-hybridized carbons (Fsp3) is 0.259. The van der Waals surface area contributed by atoms with Gasteiger partial charge in [0.05, 0.1) is 24.6 Å². The first kappa shape index (κ1) is 22.2. The fourth-order valence-corrected chi connectivity index (χ4v) is 5.56. The monoisotopic (exact) mass is 475 g/mol. The maximum absolute atomic E-state index is 12.9. The molecule has 2 heterocycles. The first-order valence-electron chi connectivity index (χ1n) is 11.3. The number of carbonyl (C=O) groups excluding carboxylic acids is 1. The van der Waals surface area contributed by atoms with E-state index in [1.54, 1.807) is 36.6 Å². The SMILES string of the molecule is CCOC(=O)c1c(N=c2cc(-c3ccc(OC)cc3)oc3ccc(O)cc23)sc2c1CCCC2. The molecule has 5 rings (SSSR count). The maximum atomic E-state index is 12.9. The van der Waals surface area contributed by atoms with Crippen molar-refractivity contribution in [3.8, 4) is 22.8 Å². The standard InChI is InChI=1S/C27H25NO5S/c1-3-32-27(30)25-19-6-4-5-7-24(19)34-26(25)28-21-15-23(16-8-11-18(31-2)12-9-16)33-22-13-10-17(29)14-20(21)22/h8-15,29H,3-7H2,1-2H3. The highest BCUT2D eigenvalue weighted by molar-refractivity contribution is 7.16. The molecule has 0 spiro atoms. The number of rotatable bonds is 5. The molecule has 0 saturated carbocycles. The number of aryl methyl sites for hydroxylation is 1. The lowest BCUT2D eigenvalue weighted by Gasteiger charge is -2.11. The van der Waals surface area contributed by atoms with Crippen LogP contribution in [0.1, 0.15) is 40.6 Å². The molecule has 0 fully saturated rings. The number of nitrogens with zero attached hydrogens (tertiary/aromatic N) is 1. The lowest BCUT2D eigenvalue weighted by atomic mass is 9.95. The lowest BCUT2D eigenvalue weighted by molar-refractivity contribution is 0.0526. The van der Waals surface area contributed by atoms with E-state index in [-0.39, 0.29) is 11.7 Å². The number of esters is 1. The minimum atomic E-state index is -0.330. The van der Waals surface area contributed by atoms with Gasteiger partial charge in [0.1, 0.15) is 27.8 Å². The van der Waals surface area contributed by atoms with Crippen LogP contribution in [0.2, 0.25) is 0 Å². The van der Waals surface area contributed by atoms with E-state index in [2.05, 4.69) is 0 Å². The predicted molar refractivity (Wildman–Crippen MR) is 132 cm³/mol. The Hall–Kier alpha value is -3.58. The molecule has 7 heteroatoms. The molecule has 2 aromatic heterocycles. The lowest BCUT2D eigenvalue weighted by Crippen LogP contribution is -2.10. The molecule has 1 N–H and O–H groups in total. The highest BCUT2D eigenvalue weighted by Gasteiger charge is 2.26. The molecule has 2 aromatic carbocycles. The molecule has 4 aromatic rings. The summed E-state index contributed by atoms with van der Waals surface area (Å²) in [6.07, 6.45) is 3.97. The molecule has 0 radical (unpaired) electrons. The topological polar surface area (TPSA) is 81.3 Å². The number of ether oxygens (including phenoxy) is 2. The second-order valence-corrected chi connectivity index (χ2v) is 9.21. The predicted octanol–water partition coefficient (Wildman–Crippen LogP) is 6.16. The number of methoxy groups -OCH3 is 1. The van der Waals surface area contributed by atoms with Crippen LogP contribution >= 0.6 is 11.3 Å². The minimum Gasteiger partial charge on any atom is -0.508 e. The largest absolute Gasteiger partial charge is 0.508 e. The average molecular weight is 476 g/mol. The van der Waals surface area contributed by atoms with Gasteiger partial charge in [-0.2, -0.15) is 0 Å². The molecule has 1 aliphatic carbocycles. The van der Waals surface area contributed by atoms with E-state index in [0.717, 1.165) is 42.6 Å². The number of phenolic OH excluding ortho intramolecular Hbond substituents is 1. The van der Waals surface area contributed by atoms with Crippen molar-refractivity contribution in [1.29, 1.82) is 0 Å². The van der Waals surface area contributed by atoms with Crippen molar-refractivity contribution in [2.75, 3.05) is 13.7 Å². The Morgan fingerprint density at radius 3 is 2.68 bits per heavy atom. The summed E-state index contributed by atoms with van der Waals surface area (Å²) in [6.45, 7) is 2.12. The molecular formula is C27H25NO5S. The third kappa shape index (κ3) is 4.19. The highest BCUT2D eigenvalue weighted by Crippen LogP contribution is 2.40. The zero-order valence-corrected chi connectivity index (χ0v) is 19.9. The number of thiophene rings is 1. The summed E-state index contributed by atoms with van der Waals surface area (Å²) in [4.78, 5) is 19.1. The van der Waals surface area contributed by atoms with Crippen LogP contribution in [0.4, 0.5) is 5.00 Å². The van der Waals surface area contributed by atoms with Gasteiger partial charge in [0.2, 0.25) is 0 Å². The summed E-state index contributed by atoms with van der Waals surface area (Å²) in [5.41, 5.74) is 3.09. The first-order chi connectivity index (χ1) is 16.6. The molecular weight excluding hydrogens is 450 g/mol. The fourth-order valence-electron chi connectivity index (χ4n) is 4.30. The van der Waals surface area contributed by atoms with Gasteiger partial charge in [-0.05, 0) is 80.6 Å². The smallest absolute Gasteiger partial charge is 0.341 e. The van der Waals surface area contributed by atoms with Crippen molar-refractivity contribution in [3.05, 3.63) is 69.9 Å². The Kier molecular flexibility index (Phi) is 6.11. The molecule has 0 bridgehead atoms. The third-order valence-electron chi connectivity index (χ3n) is 5.96. The molecule has 0 atom stereocenters. The van der Waals surface area contributed by atoms with E-state index in [9.17, 15) is 9.90 Å². The quantitative estimate of drug-likeness (QED) is 0.350. The van der Waals surface area contributed by atoms with Crippen LogP contribution in [0.25, 0.3) is 22.3 Å². The number of aromatic hydroxyl groups is 1. The van der Waals surface area contributed by atoms with Crippen molar-refractivity contribution in [3.63, 3.8) is 0 Å². The average Bonchev–Trinajstić information content (AvgIpc) is 3.22. The molecule has 0 aliphatic heterocycles. The summed E-state index contributed by atoms with van der Waals surface area (Å²) in [5.74, 6) is 1.16. The molecule has 34 heavy (non-hydrogen) atoms. The van der Waals surface area contributed by atoms with E-state index in [4.69, 9.17) is 18.9 Å². The third-order valence-corrected chi connectivity index (χ3v) is 7.14. The van der Waals surface area contributed by atoms with E-state index >= 15 is 0 Å². The van der Waals surface area contributed by atoms with Crippen LogP contribution in [0.3, 0.4) is 0 Å². The van der Waals surface area contributed by atoms with Crippen LogP contribution < -0.4 is 10.1 Å². The van der Waals surface area contributed by atoms with E-state index in [0.29, 0.717) is 39.3 Å². The summed E-state index contributed by atoms with van der Waals surface area (Å²) in [5, 5.41) is 12.1. The van der Waals surface area contributed by atoms with Gasteiger partial charge in [-0.1, -0.05) is 0 Å². The van der Waals surface area contributed by atoms with Crippen LogP contribution in [-0.4, -0.2) is 24.8 Å². The van der Waals surface area contributed by atoms with Gasteiger partial charge in [0.15, 0.2) is 0 Å². The summed E-state index contributed by atoms with van der Waals surface area (Å²) in [6, 6.07) is 14.4. The van der Waals surface area contributed by atoms with Crippen molar-refractivity contribution in [1.82, 2.24) is 0 Å².